The third-order valence-corrected chi connectivity index (χ3v) is 5.08. The van der Waals surface area contributed by atoms with Gasteiger partial charge in [-0.15, -0.1) is 0 Å². The molecule has 158 valence electrons. The van der Waals surface area contributed by atoms with E-state index in [-0.39, 0.29) is 18.3 Å². The Morgan fingerprint density at radius 2 is 1.70 bits per heavy atom. The Morgan fingerprint density at radius 1 is 1.03 bits per heavy atom. The van der Waals surface area contributed by atoms with Crippen molar-refractivity contribution in [2.45, 2.75) is 19.4 Å². The molecule has 2 aromatic rings. The number of rotatable bonds is 6. The van der Waals surface area contributed by atoms with Crippen LogP contribution in [0, 0.1) is 5.82 Å². The number of anilines is 2. The summed E-state index contributed by atoms with van der Waals surface area (Å²) in [6.07, 6.45) is 4.99. The van der Waals surface area contributed by atoms with Crippen LogP contribution in [0.3, 0.4) is 0 Å². The van der Waals surface area contributed by atoms with E-state index in [1.807, 2.05) is 0 Å². The molecule has 0 saturated carbocycles. The molecule has 2 aliphatic rings. The van der Waals surface area contributed by atoms with Gasteiger partial charge in [0.25, 0.3) is 0 Å². The van der Waals surface area contributed by atoms with Gasteiger partial charge in [0, 0.05) is 37.8 Å². The molecule has 3 heterocycles. The minimum absolute atomic E-state index is 0.168. The maximum atomic E-state index is 13.7. The fourth-order valence-corrected chi connectivity index (χ4v) is 3.44. The summed E-state index contributed by atoms with van der Waals surface area (Å²) in [6.45, 7) is 4.73. The number of nitrogens with one attached hydrogen (secondary N) is 1. The molecule has 0 bridgehead atoms. The predicted molar refractivity (Wildman–Crippen MR) is 112 cm³/mol. The maximum absolute atomic E-state index is 13.7. The quantitative estimate of drug-likeness (QED) is 0.724. The van der Waals surface area contributed by atoms with E-state index >= 15 is 0 Å². The van der Waals surface area contributed by atoms with Crippen LogP contribution in [0.1, 0.15) is 24.2 Å². The summed E-state index contributed by atoms with van der Waals surface area (Å²) in [5.74, 6) is 1.05. The van der Waals surface area contributed by atoms with E-state index < -0.39 is 0 Å². The number of amides is 1. The second kappa shape index (κ2) is 9.62. The van der Waals surface area contributed by atoms with E-state index in [0.29, 0.717) is 36.5 Å². The molecule has 2 saturated heterocycles. The molecule has 8 nitrogen and oxygen atoms in total. The number of hydrogen-bond donors (Lipinski definition) is 1. The van der Waals surface area contributed by atoms with Crippen LogP contribution in [0.2, 0.25) is 0 Å². The minimum atomic E-state index is -0.371. The van der Waals surface area contributed by atoms with Crippen LogP contribution >= 0.6 is 0 Å². The summed E-state index contributed by atoms with van der Waals surface area (Å²) >= 11 is 0. The average Bonchev–Trinajstić information content (AvgIpc) is 3.33. The van der Waals surface area contributed by atoms with Crippen LogP contribution in [0.15, 0.2) is 30.3 Å². The van der Waals surface area contributed by atoms with Crippen LogP contribution in [0.5, 0.6) is 0 Å². The van der Waals surface area contributed by atoms with Crippen LogP contribution in [-0.2, 0) is 16.1 Å². The molecule has 2 aliphatic heterocycles. The number of morpholine rings is 1. The molecule has 0 unspecified atom stereocenters. The van der Waals surface area contributed by atoms with Gasteiger partial charge in [-0.2, -0.15) is 15.0 Å². The third-order valence-electron chi connectivity index (χ3n) is 5.08. The summed E-state index contributed by atoms with van der Waals surface area (Å²) in [7, 11) is 0. The van der Waals surface area contributed by atoms with Gasteiger partial charge in [-0.05, 0) is 25.0 Å². The van der Waals surface area contributed by atoms with Gasteiger partial charge >= 0.3 is 0 Å². The Hall–Kier alpha value is -3.07. The Labute approximate surface area is 174 Å². The highest BCUT2D eigenvalue weighted by Crippen LogP contribution is 2.19. The van der Waals surface area contributed by atoms with Gasteiger partial charge in [0.1, 0.15) is 5.82 Å². The van der Waals surface area contributed by atoms with Gasteiger partial charge < -0.3 is 19.9 Å². The van der Waals surface area contributed by atoms with Gasteiger partial charge in [-0.3, -0.25) is 4.79 Å². The average molecular weight is 412 g/mol. The topological polar surface area (TPSA) is 83.5 Å². The number of ether oxygens (including phenoxy) is 1. The number of nitrogens with zero attached hydrogens (tertiary/aromatic N) is 5. The molecule has 1 N–H and O–H groups in total. The first-order chi connectivity index (χ1) is 14.7. The molecule has 1 aromatic carbocycles. The Bertz CT molecular complexity index is 910. The van der Waals surface area contributed by atoms with Gasteiger partial charge in [0.15, 0.2) is 5.82 Å². The van der Waals surface area contributed by atoms with E-state index in [4.69, 9.17) is 4.74 Å². The molecule has 0 atom stereocenters. The smallest absolute Gasteiger partial charge is 0.244 e. The lowest BCUT2D eigenvalue weighted by molar-refractivity contribution is -0.116. The summed E-state index contributed by atoms with van der Waals surface area (Å²) in [6, 6.07) is 6.30. The van der Waals surface area contributed by atoms with Crippen molar-refractivity contribution in [1.82, 2.24) is 20.3 Å². The Morgan fingerprint density at radius 3 is 2.40 bits per heavy atom. The first-order valence-electron chi connectivity index (χ1n) is 10.2. The zero-order chi connectivity index (χ0) is 20.8. The highest BCUT2D eigenvalue weighted by Gasteiger charge is 2.21. The van der Waals surface area contributed by atoms with Crippen molar-refractivity contribution in [3.8, 4) is 0 Å². The highest BCUT2D eigenvalue weighted by atomic mass is 19.1. The first-order valence-corrected chi connectivity index (χ1v) is 10.2. The standard InChI is InChI=1S/C21H25FN6O2/c22-17-6-2-1-5-16(17)7-8-19(29)23-15-18-24-20(27-9-3-4-10-27)26-21(25-18)28-11-13-30-14-12-28/h1-2,5-8H,3-4,9-15H2,(H,23,29)/b8-7+. The molecule has 4 rings (SSSR count). The largest absolute Gasteiger partial charge is 0.378 e. The predicted octanol–water partition coefficient (Wildman–Crippen LogP) is 1.78. The molecule has 9 heteroatoms. The van der Waals surface area contributed by atoms with E-state index in [9.17, 15) is 9.18 Å². The maximum Gasteiger partial charge on any atom is 0.244 e. The van der Waals surface area contributed by atoms with Crippen molar-refractivity contribution in [3.63, 3.8) is 0 Å². The fourth-order valence-electron chi connectivity index (χ4n) is 3.44. The van der Waals surface area contributed by atoms with Crippen molar-refractivity contribution in [1.29, 1.82) is 0 Å². The lowest BCUT2D eigenvalue weighted by Gasteiger charge is -2.28. The second-order valence-electron chi connectivity index (χ2n) is 7.22. The molecule has 1 aromatic heterocycles. The number of aromatic nitrogens is 3. The van der Waals surface area contributed by atoms with Crippen LogP contribution in [0.4, 0.5) is 16.3 Å². The summed E-state index contributed by atoms with van der Waals surface area (Å²) < 4.78 is 19.1. The van der Waals surface area contributed by atoms with E-state index in [1.165, 1.54) is 18.2 Å². The first kappa shape index (κ1) is 20.2. The zero-order valence-electron chi connectivity index (χ0n) is 16.8. The van der Waals surface area contributed by atoms with E-state index in [2.05, 4.69) is 30.1 Å². The van der Waals surface area contributed by atoms with Gasteiger partial charge in [-0.25, -0.2) is 4.39 Å². The zero-order valence-corrected chi connectivity index (χ0v) is 16.8. The number of carbonyl (C=O) groups is 1. The highest BCUT2D eigenvalue weighted by molar-refractivity contribution is 5.91. The second-order valence-corrected chi connectivity index (χ2v) is 7.22. The van der Waals surface area contributed by atoms with Crippen molar-refractivity contribution < 1.29 is 13.9 Å². The number of hydrogen-bond acceptors (Lipinski definition) is 7. The number of halogens is 1. The molecule has 1 amide bonds. The van der Waals surface area contributed by atoms with Crippen molar-refractivity contribution in [2.24, 2.45) is 0 Å². The van der Waals surface area contributed by atoms with Crippen LogP contribution in [-0.4, -0.2) is 60.3 Å². The van der Waals surface area contributed by atoms with Crippen LogP contribution in [0.25, 0.3) is 6.08 Å². The van der Waals surface area contributed by atoms with Gasteiger partial charge in [0.05, 0.1) is 19.8 Å². The molecular weight excluding hydrogens is 387 g/mol. The molecular formula is C21H25FN6O2. The molecule has 0 spiro atoms. The third kappa shape index (κ3) is 5.10. The Balaban J connectivity index is 1.46. The van der Waals surface area contributed by atoms with Crippen LogP contribution < -0.4 is 15.1 Å². The van der Waals surface area contributed by atoms with Crippen molar-refractivity contribution >= 4 is 23.9 Å². The monoisotopic (exact) mass is 412 g/mol. The summed E-state index contributed by atoms with van der Waals surface area (Å²) in [5, 5.41) is 2.77. The van der Waals surface area contributed by atoms with E-state index in [0.717, 1.165) is 39.0 Å². The summed E-state index contributed by atoms with van der Waals surface area (Å²) in [4.78, 5) is 30.2. The lowest BCUT2D eigenvalue weighted by Crippen LogP contribution is -2.38. The van der Waals surface area contributed by atoms with Crippen molar-refractivity contribution in [3.05, 3.63) is 47.5 Å². The lowest BCUT2D eigenvalue weighted by atomic mass is 10.2. The molecule has 0 radical (unpaired) electrons. The van der Waals surface area contributed by atoms with Gasteiger partial charge in [-0.1, -0.05) is 18.2 Å². The normalized spacial score (nSPS) is 17.0. The number of carbonyl (C=O) groups excluding carboxylic acids is 1. The van der Waals surface area contributed by atoms with Gasteiger partial charge in [0.2, 0.25) is 17.8 Å². The summed E-state index contributed by atoms with van der Waals surface area (Å²) in [5.41, 5.74) is 0.360. The minimum Gasteiger partial charge on any atom is -0.378 e. The Kier molecular flexibility index (Phi) is 6.48. The van der Waals surface area contributed by atoms with E-state index in [1.54, 1.807) is 18.2 Å². The molecule has 0 aliphatic carbocycles. The molecule has 2 fully saturated rings. The SMILES string of the molecule is O=C(/C=C/c1ccccc1F)NCc1nc(N2CCCC2)nc(N2CCOCC2)n1. The van der Waals surface area contributed by atoms with Crippen molar-refractivity contribution in [2.75, 3.05) is 49.2 Å². The number of benzene rings is 1. The molecule has 30 heavy (non-hydrogen) atoms. The fraction of sp³-hybridized carbons (Fsp3) is 0.429.